The molecular formula is C11H16N2O3. The highest BCUT2D eigenvalue weighted by atomic mass is 16.4. The Balaban J connectivity index is 1.99. The second kappa shape index (κ2) is 4.65. The van der Waals surface area contributed by atoms with Crippen LogP contribution in [0.25, 0.3) is 0 Å². The van der Waals surface area contributed by atoms with Crippen LogP contribution in [0, 0.1) is 0 Å². The van der Waals surface area contributed by atoms with Crippen molar-refractivity contribution >= 4 is 5.97 Å². The van der Waals surface area contributed by atoms with Gasteiger partial charge in [-0.05, 0) is 26.4 Å². The number of likely N-dealkylation sites (tertiary alicyclic amines) is 1. The molecule has 2 heterocycles. The van der Waals surface area contributed by atoms with E-state index in [1.165, 1.54) is 19.0 Å². The van der Waals surface area contributed by atoms with Crippen LogP contribution in [0.2, 0.25) is 0 Å². The number of likely N-dealkylation sites (N-methyl/N-ethyl adjacent to an activating group) is 1. The summed E-state index contributed by atoms with van der Waals surface area (Å²) in [5.74, 6) is -0.611. The number of carboxylic acids is 1. The molecule has 0 radical (unpaired) electrons. The van der Waals surface area contributed by atoms with E-state index in [1.54, 1.807) is 0 Å². The van der Waals surface area contributed by atoms with Gasteiger partial charge in [-0.1, -0.05) is 6.42 Å². The van der Waals surface area contributed by atoms with Gasteiger partial charge < -0.3 is 14.4 Å². The summed E-state index contributed by atoms with van der Waals surface area (Å²) in [5, 5.41) is 8.71. The number of carboxylic acid groups (broad SMARTS) is 1. The van der Waals surface area contributed by atoms with Crippen molar-refractivity contribution in [3.8, 4) is 0 Å². The fraction of sp³-hybridized carbons (Fsp3) is 0.636. The van der Waals surface area contributed by atoms with E-state index in [9.17, 15) is 4.79 Å². The predicted octanol–water partition coefficient (Wildman–Crippen LogP) is 1.40. The molecule has 1 aliphatic rings. The summed E-state index contributed by atoms with van der Waals surface area (Å²) in [6.45, 7) is 1.09. The Morgan fingerprint density at radius 1 is 1.69 bits per heavy atom. The lowest BCUT2D eigenvalue weighted by Crippen LogP contribution is -2.37. The molecule has 0 saturated carbocycles. The van der Waals surface area contributed by atoms with E-state index in [0.717, 1.165) is 13.0 Å². The van der Waals surface area contributed by atoms with Crippen LogP contribution in [0.4, 0.5) is 0 Å². The van der Waals surface area contributed by atoms with Gasteiger partial charge in [0, 0.05) is 12.5 Å². The second-order valence-electron chi connectivity index (χ2n) is 4.26. The first-order valence-electron chi connectivity index (χ1n) is 5.55. The summed E-state index contributed by atoms with van der Waals surface area (Å²) < 4.78 is 5.16. The van der Waals surface area contributed by atoms with Gasteiger partial charge in [-0.25, -0.2) is 9.78 Å². The van der Waals surface area contributed by atoms with E-state index in [-0.39, 0.29) is 5.76 Å². The maximum absolute atomic E-state index is 10.6. The molecule has 0 aliphatic carbocycles. The predicted molar refractivity (Wildman–Crippen MR) is 57.4 cm³/mol. The molecule has 1 atom stereocenters. The van der Waals surface area contributed by atoms with Gasteiger partial charge in [0.1, 0.15) is 0 Å². The first-order valence-corrected chi connectivity index (χ1v) is 5.55. The van der Waals surface area contributed by atoms with Crippen molar-refractivity contribution in [2.75, 3.05) is 13.6 Å². The number of aromatic nitrogens is 1. The van der Waals surface area contributed by atoms with Crippen molar-refractivity contribution in [1.29, 1.82) is 0 Å². The molecule has 0 aromatic carbocycles. The summed E-state index contributed by atoms with van der Waals surface area (Å²) in [5.41, 5.74) is 0. The molecule has 1 aliphatic heterocycles. The molecule has 0 spiro atoms. The molecule has 0 amide bonds. The monoisotopic (exact) mass is 224 g/mol. The Labute approximate surface area is 94.1 Å². The van der Waals surface area contributed by atoms with E-state index in [0.29, 0.717) is 18.4 Å². The van der Waals surface area contributed by atoms with Crippen LogP contribution in [0.3, 0.4) is 0 Å². The fourth-order valence-corrected chi connectivity index (χ4v) is 2.11. The maximum atomic E-state index is 10.6. The molecule has 1 unspecified atom stereocenters. The Morgan fingerprint density at radius 2 is 2.50 bits per heavy atom. The van der Waals surface area contributed by atoms with Gasteiger partial charge >= 0.3 is 5.97 Å². The smallest absolute Gasteiger partial charge is 0.373 e. The quantitative estimate of drug-likeness (QED) is 0.840. The van der Waals surface area contributed by atoms with Gasteiger partial charge in [0.05, 0.1) is 6.20 Å². The van der Waals surface area contributed by atoms with Gasteiger partial charge in [-0.15, -0.1) is 0 Å². The third-order valence-corrected chi connectivity index (χ3v) is 3.10. The highest BCUT2D eigenvalue weighted by Gasteiger charge is 2.21. The molecule has 2 rings (SSSR count). The molecule has 1 aromatic rings. The van der Waals surface area contributed by atoms with Crippen molar-refractivity contribution in [1.82, 2.24) is 9.88 Å². The lowest BCUT2D eigenvalue weighted by molar-refractivity contribution is 0.0659. The summed E-state index contributed by atoms with van der Waals surface area (Å²) in [4.78, 5) is 16.9. The summed E-state index contributed by atoms with van der Waals surface area (Å²) in [6.07, 6.45) is 5.56. The molecule has 5 heteroatoms. The average Bonchev–Trinajstić information content (AvgIpc) is 2.70. The first-order chi connectivity index (χ1) is 7.66. The van der Waals surface area contributed by atoms with Gasteiger partial charge in [0.2, 0.25) is 5.76 Å². The Kier molecular flexibility index (Phi) is 3.24. The molecule has 88 valence electrons. The number of hydrogen-bond acceptors (Lipinski definition) is 4. The molecule has 16 heavy (non-hydrogen) atoms. The highest BCUT2D eigenvalue weighted by Crippen LogP contribution is 2.19. The fourth-order valence-electron chi connectivity index (χ4n) is 2.11. The zero-order valence-electron chi connectivity index (χ0n) is 9.35. The van der Waals surface area contributed by atoms with Gasteiger partial charge in [0.15, 0.2) is 5.89 Å². The second-order valence-corrected chi connectivity index (χ2v) is 4.26. The van der Waals surface area contributed by atoms with E-state index in [2.05, 4.69) is 16.9 Å². The van der Waals surface area contributed by atoms with Crippen molar-refractivity contribution in [3.63, 3.8) is 0 Å². The van der Waals surface area contributed by atoms with Crippen molar-refractivity contribution in [3.05, 3.63) is 17.8 Å². The standard InChI is InChI=1S/C11H16N2O3/c1-13-5-3-2-4-8(13)6-10-12-7-9(16-10)11(14)15/h7-8H,2-6H2,1H3,(H,14,15). The van der Waals surface area contributed by atoms with Gasteiger partial charge in [-0.3, -0.25) is 0 Å². The van der Waals surface area contributed by atoms with Crippen LogP contribution < -0.4 is 0 Å². The number of rotatable bonds is 3. The normalized spacial score (nSPS) is 22.2. The third-order valence-electron chi connectivity index (χ3n) is 3.10. The van der Waals surface area contributed by atoms with Crippen LogP contribution in [-0.2, 0) is 6.42 Å². The number of aromatic carboxylic acids is 1. The minimum Gasteiger partial charge on any atom is -0.475 e. The van der Waals surface area contributed by atoms with Crippen molar-refractivity contribution in [2.45, 2.75) is 31.7 Å². The minimum atomic E-state index is -1.06. The van der Waals surface area contributed by atoms with E-state index < -0.39 is 5.97 Å². The van der Waals surface area contributed by atoms with Crippen molar-refractivity contribution < 1.29 is 14.3 Å². The summed E-state index contributed by atoms with van der Waals surface area (Å²) in [7, 11) is 2.09. The van der Waals surface area contributed by atoms with E-state index in [1.807, 2.05) is 0 Å². The number of piperidine rings is 1. The van der Waals surface area contributed by atoms with Crippen molar-refractivity contribution in [2.24, 2.45) is 0 Å². The van der Waals surface area contributed by atoms with Crippen LogP contribution in [0.1, 0.15) is 35.7 Å². The minimum absolute atomic E-state index is 0.0755. The zero-order chi connectivity index (χ0) is 11.5. The maximum Gasteiger partial charge on any atom is 0.373 e. The topological polar surface area (TPSA) is 66.6 Å². The molecule has 1 aromatic heterocycles. The SMILES string of the molecule is CN1CCCCC1Cc1ncc(C(=O)O)o1. The number of nitrogens with zero attached hydrogens (tertiary/aromatic N) is 2. The Bertz CT molecular complexity index is 375. The summed E-state index contributed by atoms with van der Waals surface area (Å²) >= 11 is 0. The largest absolute Gasteiger partial charge is 0.475 e. The average molecular weight is 224 g/mol. The number of carbonyl (C=O) groups is 1. The highest BCUT2D eigenvalue weighted by molar-refractivity contribution is 5.83. The van der Waals surface area contributed by atoms with Crippen LogP contribution >= 0.6 is 0 Å². The number of oxazole rings is 1. The third kappa shape index (κ3) is 2.41. The van der Waals surface area contributed by atoms with E-state index in [4.69, 9.17) is 9.52 Å². The molecule has 1 fully saturated rings. The molecule has 1 N–H and O–H groups in total. The lowest BCUT2D eigenvalue weighted by Gasteiger charge is -2.31. The number of hydrogen-bond donors (Lipinski definition) is 1. The van der Waals surface area contributed by atoms with Crippen LogP contribution in [0.5, 0.6) is 0 Å². The molecular weight excluding hydrogens is 208 g/mol. The lowest BCUT2D eigenvalue weighted by atomic mass is 10.0. The van der Waals surface area contributed by atoms with Gasteiger partial charge in [-0.2, -0.15) is 0 Å². The molecule has 1 saturated heterocycles. The summed E-state index contributed by atoms with van der Waals surface area (Å²) in [6, 6.07) is 0.425. The van der Waals surface area contributed by atoms with Crippen LogP contribution in [0.15, 0.2) is 10.6 Å². The van der Waals surface area contributed by atoms with Crippen LogP contribution in [-0.4, -0.2) is 40.6 Å². The Morgan fingerprint density at radius 3 is 3.12 bits per heavy atom. The van der Waals surface area contributed by atoms with E-state index >= 15 is 0 Å². The Hall–Kier alpha value is -1.36. The molecule has 5 nitrogen and oxygen atoms in total. The first kappa shape index (κ1) is 11.1. The zero-order valence-corrected chi connectivity index (χ0v) is 9.35. The molecule has 0 bridgehead atoms. The van der Waals surface area contributed by atoms with Gasteiger partial charge in [0.25, 0.3) is 0 Å².